The van der Waals surface area contributed by atoms with Crippen molar-refractivity contribution in [1.82, 2.24) is 14.8 Å². The zero-order valence-corrected chi connectivity index (χ0v) is 19.6. The van der Waals surface area contributed by atoms with Gasteiger partial charge in [-0.1, -0.05) is 49.9 Å². The predicted molar refractivity (Wildman–Crippen MR) is 131 cm³/mol. The first kappa shape index (κ1) is 22.9. The Labute approximate surface area is 198 Å². The number of nitrogens with zero attached hydrogens (tertiary/aromatic N) is 3. The molecule has 0 spiro atoms. The third-order valence-corrected chi connectivity index (χ3v) is 5.86. The van der Waals surface area contributed by atoms with Gasteiger partial charge in [0.05, 0.1) is 12.2 Å². The number of ether oxygens (including phenoxy) is 1. The Morgan fingerprint density at radius 1 is 1.12 bits per heavy atom. The molecule has 0 fully saturated rings. The molecule has 4 rings (SSSR count). The van der Waals surface area contributed by atoms with Crippen LogP contribution in [0.3, 0.4) is 0 Å². The van der Waals surface area contributed by atoms with Gasteiger partial charge in [-0.05, 0) is 55.3 Å². The predicted octanol–water partition coefficient (Wildman–Crippen LogP) is 5.82. The van der Waals surface area contributed by atoms with Crippen LogP contribution in [0.25, 0.3) is 0 Å². The highest BCUT2D eigenvalue weighted by Crippen LogP contribution is 2.35. The molecule has 2 aromatic carbocycles. The van der Waals surface area contributed by atoms with E-state index in [1.54, 1.807) is 28.9 Å². The van der Waals surface area contributed by atoms with Gasteiger partial charge in [0.25, 0.3) is 5.91 Å². The maximum Gasteiger partial charge on any atom is 0.255 e. The molecule has 2 N–H and O–H groups in total. The summed E-state index contributed by atoms with van der Waals surface area (Å²) in [6.07, 6.45) is 6.13. The fraction of sp³-hybridized carbons (Fsp3) is 0.320. The second-order valence-corrected chi connectivity index (χ2v) is 8.47. The van der Waals surface area contributed by atoms with Crippen LogP contribution >= 0.6 is 11.6 Å². The monoisotopic (exact) mass is 465 g/mol. The molecular formula is C25H28ClN5O2. The minimum atomic E-state index is -0.422. The van der Waals surface area contributed by atoms with Crippen molar-refractivity contribution in [3.05, 3.63) is 76.7 Å². The number of amides is 1. The molecule has 2 heterocycles. The van der Waals surface area contributed by atoms with Crippen molar-refractivity contribution in [2.45, 2.75) is 45.6 Å². The first-order valence-corrected chi connectivity index (χ1v) is 11.6. The zero-order valence-electron chi connectivity index (χ0n) is 18.8. The molecule has 172 valence electrons. The number of rotatable bonds is 9. The highest BCUT2D eigenvalue weighted by molar-refractivity contribution is 6.30. The number of hydrogen-bond donors (Lipinski definition) is 2. The molecule has 0 bridgehead atoms. The lowest BCUT2D eigenvalue weighted by Crippen LogP contribution is -2.31. The van der Waals surface area contributed by atoms with E-state index in [0.717, 1.165) is 23.4 Å². The van der Waals surface area contributed by atoms with E-state index in [4.69, 9.17) is 16.3 Å². The summed E-state index contributed by atoms with van der Waals surface area (Å²) in [6, 6.07) is 14.4. The Morgan fingerprint density at radius 2 is 1.88 bits per heavy atom. The van der Waals surface area contributed by atoms with Crippen molar-refractivity contribution in [2.24, 2.45) is 0 Å². The highest BCUT2D eigenvalue weighted by atomic mass is 35.5. The van der Waals surface area contributed by atoms with Crippen LogP contribution in [0.1, 0.15) is 51.1 Å². The van der Waals surface area contributed by atoms with Gasteiger partial charge in [0, 0.05) is 16.4 Å². The molecule has 0 radical (unpaired) electrons. The number of nitrogens with one attached hydrogen (secondary N) is 2. The maximum atomic E-state index is 13.3. The summed E-state index contributed by atoms with van der Waals surface area (Å²) in [5.41, 5.74) is 2.88. The fourth-order valence-corrected chi connectivity index (χ4v) is 4.02. The number of halogens is 1. The highest BCUT2D eigenvalue weighted by Gasteiger charge is 2.33. The van der Waals surface area contributed by atoms with Gasteiger partial charge in [-0.3, -0.25) is 4.79 Å². The van der Waals surface area contributed by atoms with Crippen molar-refractivity contribution in [3.8, 4) is 5.75 Å². The van der Waals surface area contributed by atoms with Crippen LogP contribution in [0.15, 0.2) is 66.1 Å². The molecule has 1 aromatic heterocycles. The Morgan fingerprint density at radius 3 is 2.61 bits per heavy atom. The average Bonchev–Trinajstić information content (AvgIpc) is 3.28. The molecule has 3 aromatic rings. The first-order chi connectivity index (χ1) is 16.1. The largest absolute Gasteiger partial charge is 0.494 e. The molecule has 0 saturated heterocycles. The summed E-state index contributed by atoms with van der Waals surface area (Å²) >= 11 is 5.97. The Hall–Kier alpha value is -3.32. The second kappa shape index (κ2) is 10.5. The lowest BCUT2D eigenvalue weighted by Gasteiger charge is -2.28. The van der Waals surface area contributed by atoms with E-state index >= 15 is 0 Å². The van der Waals surface area contributed by atoms with Gasteiger partial charge in [0.15, 0.2) is 0 Å². The number of anilines is 2. The molecule has 0 aliphatic carbocycles. The molecule has 8 heteroatoms. The van der Waals surface area contributed by atoms with Gasteiger partial charge in [-0.15, -0.1) is 0 Å². The molecule has 1 aliphatic heterocycles. The third kappa shape index (κ3) is 5.37. The van der Waals surface area contributed by atoms with Gasteiger partial charge in [0.1, 0.15) is 18.1 Å². The van der Waals surface area contributed by atoms with Crippen LogP contribution in [-0.4, -0.2) is 27.3 Å². The standard InChI is InChI=1S/C25H28ClN5O2/c1-3-4-5-6-15-33-21-13-7-18(8-14-21)23-22(17(2)29-25-27-16-28-31(23)25)24(32)30-20-11-9-19(26)10-12-20/h7-14,16,23H,3-6,15H2,1-2H3,(H,30,32)(H,27,28,29)/t23-/m1/s1. The van der Waals surface area contributed by atoms with E-state index in [1.165, 1.54) is 25.6 Å². The van der Waals surface area contributed by atoms with Gasteiger partial charge in [-0.2, -0.15) is 10.1 Å². The summed E-state index contributed by atoms with van der Waals surface area (Å²) in [5.74, 6) is 1.19. The van der Waals surface area contributed by atoms with Crippen molar-refractivity contribution >= 4 is 29.1 Å². The smallest absolute Gasteiger partial charge is 0.255 e. The van der Waals surface area contributed by atoms with Gasteiger partial charge >= 0.3 is 0 Å². The summed E-state index contributed by atoms with van der Waals surface area (Å²) in [4.78, 5) is 17.6. The van der Waals surface area contributed by atoms with Crippen molar-refractivity contribution < 1.29 is 9.53 Å². The number of benzene rings is 2. The molecule has 1 amide bonds. The molecule has 1 aliphatic rings. The Kier molecular flexibility index (Phi) is 7.29. The SMILES string of the molecule is CCCCCCOc1ccc([C@@H]2C(C(=O)Nc3ccc(Cl)cc3)=C(C)Nc3ncnn32)cc1. The normalized spacial score (nSPS) is 15.1. The topological polar surface area (TPSA) is 81.1 Å². The van der Waals surface area contributed by atoms with E-state index in [-0.39, 0.29) is 5.91 Å². The van der Waals surface area contributed by atoms with Crippen LogP contribution in [0.4, 0.5) is 11.6 Å². The Bertz CT molecular complexity index is 1120. The minimum Gasteiger partial charge on any atom is -0.494 e. The number of aromatic nitrogens is 3. The van der Waals surface area contributed by atoms with Crippen molar-refractivity contribution in [1.29, 1.82) is 0 Å². The number of hydrogen-bond acceptors (Lipinski definition) is 5. The number of carbonyl (C=O) groups excluding carboxylic acids is 1. The van der Waals surface area contributed by atoms with Crippen molar-refractivity contribution in [3.63, 3.8) is 0 Å². The van der Waals surface area contributed by atoms with Crippen molar-refractivity contribution in [2.75, 3.05) is 17.2 Å². The lowest BCUT2D eigenvalue weighted by atomic mass is 9.95. The van der Waals surface area contributed by atoms with Crippen LogP contribution in [-0.2, 0) is 4.79 Å². The zero-order chi connectivity index (χ0) is 23.2. The summed E-state index contributed by atoms with van der Waals surface area (Å²) < 4.78 is 7.61. The fourth-order valence-electron chi connectivity index (χ4n) is 3.89. The quantitative estimate of drug-likeness (QED) is 0.389. The summed E-state index contributed by atoms with van der Waals surface area (Å²) in [6.45, 7) is 4.77. The molecule has 0 unspecified atom stereocenters. The Balaban J connectivity index is 1.56. The maximum absolute atomic E-state index is 13.3. The van der Waals surface area contributed by atoms with E-state index in [9.17, 15) is 4.79 Å². The van der Waals surface area contributed by atoms with E-state index in [1.807, 2.05) is 31.2 Å². The molecule has 33 heavy (non-hydrogen) atoms. The third-order valence-electron chi connectivity index (χ3n) is 5.60. The van der Waals surface area contributed by atoms with E-state index in [0.29, 0.717) is 28.8 Å². The van der Waals surface area contributed by atoms with Gasteiger partial charge < -0.3 is 15.4 Å². The second-order valence-electron chi connectivity index (χ2n) is 8.03. The van der Waals surface area contributed by atoms with E-state index < -0.39 is 6.04 Å². The molecule has 0 saturated carbocycles. The molecular weight excluding hydrogens is 438 g/mol. The lowest BCUT2D eigenvalue weighted by molar-refractivity contribution is -0.113. The molecule has 7 nitrogen and oxygen atoms in total. The number of allylic oxidation sites excluding steroid dienone is 1. The number of fused-ring (bicyclic) bond motifs is 1. The van der Waals surface area contributed by atoms with Gasteiger partial charge in [0.2, 0.25) is 5.95 Å². The van der Waals surface area contributed by atoms with Gasteiger partial charge in [-0.25, -0.2) is 4.68 Å². The number of carbonyl (C=O) groups is 1. The minimum absolute atomic E-state index is 0.218. The number of unbranched alkanes of at least 4 members (excludes halogenated alkanes) is 3. The van der Waals surface area contributed by atoms with Crippen LogP contribution < -0.4 is 15.4 Å². The van der Waals surface area contributed by atoms with Crippen LogP contribution in [0.5, 0.6) is 5.75 Å². The molecule has 1 atom stereocenters. The summed E-state index contributed by atoms with van der Waals surface area (Å²) in [5, 5.41) is 11.1. The van der Waals surface area contributed by atoms with E-state index in [2.05, 4.69) is 27.6 Å². The van der Waals surface area contributed by atoms with Crippen LogP contribution in [0, 0.1) is 0 Å². The first-order valence-electron chi connectivity index (χ1n) is 11.2. The average molecular weight is 466 g/mol. The van der Waals surface area contributed by atoms with Crippen LogP contribution in [0.2, 0.25) is 5.02 Å². The summed E-state index contributed by atoms with van der Waals surface area (Å²) in [7, 11) is 0.